The van der Waals surface area contributed by atoms with Crippen LogP contribution in [0.15, 0.2) is 29.2 Å². The third-order valence-electron chi connectivity index (χ3n) is 2.25. The first kappa shape index (κ1) is 14.5. The molecule has 0 radical (unpaired) electrons. The van der Waals surface area contributed by atoms with Crippen molar-refractivity contribution in [3.05, 3.63) is 24.3 Å². The van der Waals surface area contributed by atoms with Crippen LogP contribution in [0.25, 0.3) is 0 Å². The molecule has 0 heterocycles. The summed E-state index contributed by atoms with van der Waals surface area (Å²) in [4.78, 5) is -0.396. The average Bonchev–Trinajstić information content (AvgIpc) is 2.29. The number of rotatable bonds is 5. The number of halogens is 2. The number of terminal acetylenes is 1. The lowest BCUT2D eigenvalue weighted by molar-refractivity contribution is 0.234. The van der Waals surface area contributed by atoms with Gasteiger partial charge in [-0.25, -0.2) is 8.42 Å². The Bertz CT molecular complexity index is 532. The van der Waals surface area contributed by atoms with Crippen molar-refractivity contribution >= 4 is 15.5 Å². The van der Waals surface area contributed by atoms with Crippen molar-refractivity contribution in [2.24, 2.45) is 0 Å². The molecule has 1 aromatic rings. The van der Waals surface area contributed by atoms with Crippen molar-refractivity contribution in [3.8, 4) is 12.3 Å². The van der Waals surface area contributed by atoms with Crippen LogP contribution in [0.3, 0.4) is 0 Å². The lowest BCUT2D eigenvalue weighted by atomic mass is 10.2. The fourth-order valence-corrected chi connectivity index (χ4v) is 2.08. The SMILES string of the molecule is C#CCC(C)Nc1ccc(S(=O)(=O)C(F)F)cc1. The van der Waals surface area contributed by atoms with Gasteiger partial charge in [0.15, 0.2) is 0 Å². The van der Waals surface area contributed by atoms with Crippen LogP contribution in [-0.2, 0) is 9.84 Å². The number of hydrogen-bond donors (Lipinski definition) is 1. The van der Waals surface area contributed by atoms with Crippen molar-refractivity contribution in [2.75, 3.05) is 5.32 Å². The highest BCUT2D eigenvalue weighted by Crippen LogP contribution is 2.20. The molecule has 1 atom stereocenters. The van der Waals surface area contributed by atoms with Gasteiger partial charge in [-0.3, -0.25) is 0 Å². The molecule has 1 aromatic carbocycles. The quantitative estimate of drug-likeness (QED) is 0.838. The molecule has 3 nitrogen and oxygen atoms in total. The Morgan fingerprint density at radius 3 is 2.33 bits per heavy atom. The first-order valence-electron chi connectivity index (χ1n) is 5.20. The molecule has 0 bridgehead atoms. The summed E-state index contributed by atoms with van der Waals surface area (Å²) in [6, 6.07) is 5.18. The first-order valence-corrected chi connectivity index (χ1v) is 6.74. The summed E-state index contributed by atoms with van der Waals surface area (Å²) in [5, 5.41) is 3.03. The molecule has 0 saturated heterocycles. The smallest absolute Gasteiger partial charge is 0.341 e. The molecule has 0 saturated carbocycles. The van der Waals surface area contributed by atoms with Crippen molar-refractivity contribution < 1.29 is 17.2 Å². The van der Waals surface area contributed by atoms with Gasteiger partial charge in [0.1, 0.15) is 0 Å². The molecule has 0 amide bonds. The van der Waals surface area contributed by atoms with Gasteiger partial charge in [-0.15, -0.1) is 12.3 Å². The Morgan fingerprint density at radius 1 is 1.33 bits per heavy atom. The van der Waals surface area contributed by atoms with Gasteiger partial charge in [0.2, 0.25) is 9.84 Å². The number of hydrogen-bond acceptors (Lipinski definition) is 3. The highest BCUT2D eigenvalue weighted by atomic mass is 32.2. The minimum absolute atomic E-state index is 0.0209. The maximum absolute atomic E-state index is 12.3. The summed E-state index contributed by atoms with van der Waals surface area (Å²) in [6.07, 6.45) is 5.66. The van der Waals surface area contributed by atoms with Crippen LogP contribution < -0.4 is 5.32 Å². The van der Waals surface area contributed by atoms with Gasteiger partial charge in [0, 0.05) is 18.2 Å². The maximum Gasteiger partial charge on any atom is 0.341 e. The summed E-state index contributed by atoms with van der Waals surface area (Å²) >= 11 is 0. The van der Waals surface area contributed by atoms with Gasteiger partial charge >= 0.3 is 5.76 Å². The fraction of sp³-hybridized carbons (Fsp3) is 0.333. The standard InChI is InChI=1S/C12H13F2NO2S/c1-3-4-9(2)15-10-5-7-11(8-6-10)18(16,17)12(13)14/h1,5-9,12,15H,4H2,2H3. The Morgan fingerprint density at radius 2 is 1.89 bits per heavy atom. The molecule has 98 valence electrons. The zero-order valence-electron chi connectivity index (χ0n) is 9.73. The molecule has 1 N–H and O–H groups in total. The van der Waals surface area contributed by atoms with E-state index in [1.807, 2.05) is 6.92 Å². The lowest BCUT2D eigenvalue weighted by Gasteiger charge is -2.12. The number of benzene rings is 1. The highest BCUT2D eigenvalue weighted by molar-refractivity contribution is 7.91. The van der Waals surface area contributed by atoms with Crippen LogP contribution >= 0.6 is 0 Å². The summed E-state index contributed by atoms with van der Waals surface area (Å²) in [7, 11) is -4.53. The second-order valence-electron chi connectivity index (χ2n) is 3.78. The Balaban J connectivity index is 2.85. The molecule has 0 aliphatic carbocycles. The topological polar surface area (TPSA) is 46.2 Å². The summed E-state index contributed by atoms with van der Waals surface area (Å²) in [5.74, 6) is -0.925. The van der Waals surface area contributed by atoms with E-state index in [0.29, 0.717) is 12.1 Å². The second-order valence-corrected chi connectivity index (χ2v) is 5.70. The monoisotopic (exact) mass is 273 g/mol. The van der Waals surface area contributed by atoms with Crippen LogP contribution in [0, 0.1) is 12.3 Å². The average molecular weight is 273 g/mol. The molecule has 18 heavy (non-hydrogen) atoms. The first-order chi connectivity index (χ1) is 8.37. The van der Waals surface area contributed by atoms with Gasteiger partial charge in [-0.2, -0.15) is 8.78 Å². The fourth-order valence-electron chi connectivity index (χ4n) is 1.36. The number of alkyl halides is 2. The van der Waals surface area contributed by atoms with Crippen molar-refractivity contribution in [1.82, 2.24) is 0 Å². The summed E-state index contributed by atoms with van der Waals surface area (Å²) in [5.41, 5.74) is 0.631. The second kappa shape index (κ2) is 5.83. The van der Waals surface area contributed by atoms with Crippen molar-refractivity contribution in [2.45, 2.75) is 30.0 Å². The van der Waals surface area contributed by atoms with Crippen molar-refractivity contribution in [1.29, 1.82) is 0 Å². The molecule has 0 aliphatic rings. The van der Waals surface area contributed by atoms with E-state index in [1.54, 1.807) is 0 Å². The minimum Gasteiger partial charge on any atom is -0.382 e. The van der Waals surface area contributed by atoms with Gasteiger partial charge in [-0.1, -0.05) is 0 Å². The van der Waals surface area contributed by atoms with Crippen LogP contribution in [-0.4, -0.2) is 20.2 Å². The van der Waals surface area contributed by atoms with Crippen LogP contribution in [0.1, 0.15) is 13.3 Å². The number of anilines is 1. The summed E-state index contributed by atoms with van der Waals surface area (Å²) in [6.45, 7) is 1.86. The largest absolute Gasteiger partial charge is 0.382 e. The van der Waals surface area contributed by atoms with E-state index in [4.69, 9.17) is 6.42 Å². The highest BCUT2D eigenvalue weighted by Gasteiger charge is 2.26. The molecule has 1 unspecified atom stereocenters. The molecule has 0 aromatic heterocycles. The van der Waals surface area contributed by atoms with Crippen molar-refractivity contribution in [3.63, 3.8) is 0 Å². The third-order valence-corrected chi connectivity index (χ3v) is 3.65. The predicted octanol–water partition coefficient (Wildman–Crippen LogP) is 2.51. The van der Waals surface area contributed by atoms with Crippen LogP contribution in [0.5, 0.6) is 0 Å². The lowest BCUT2D eigenvalue weighted by Crippen LogP contribution is -2.14. The van der Waals surface area contributed by atoms with Crippen LogP contribution in [0.2, 0.25) is 0 Å². The van der Waals surface area contributed by atoms with E-state index in [-0.39, 0.29) is 6.04 Å². The molecule has 6 heteroatoms. The Labute approximate surface area is 105 Å². The minimum atomic E-state index is -4.53. The number of nitrogens with one attached hydrogen (secondary N) is 1. The van der Waals surface area contributed by atoms with Gasteiger partial charge < -0.3 is 5.32 Å². The molecular weight excluding hydrogens is 260 g/mol. The Hall–Kier alpha value is -1.61. The van der Waals surface area contributed by atoms with Crippen LogP contribution in [0.4, 0.5) is 14.5 Å². The van der Waals surface area contributed by atoms with Gasteiger partial charge in [0.25, 0.3) is 0 Å². The third kappa shape index (κ3) is 3.44. The van der Waals surface area contributed by atoms with E-state index < -0.39 is 20.5 Å². The van der Waals surface area contributed by atoms with E-state index >= 15 is 0 Å². The van der Waals surface area contributed by atoms with E-state index in [9.17, 15) is 17.2 Å². The zero-order chi connectivity index (χ0) is 13.8. The molecule has 0 aliphatic heterocycles. The maximum atomic E-state index is 12.3. The van der Waals surface area contributed by atoms with Gasteiger partial charge in [0.05, 0.1) is 4.90 Å². The molecule has 1 rings (SSSR count). The normalized spacial score (nSPS) is 13.1. The summed E-state index contributed by atoms with van der Waals surface area (Å²) < 4.78 is 46.9. The van der Waals surface area contributed by atoms with E-state index in [1.165, 1.54) is 12.1 Å². The predicted molar refractivity (Wildman–Crippen MR) is 66.2 cm³/mol. The van der Waals surface area contributed by atoms with Gasteiger partial charge in [-0.05, 0) is 31.2 Å². The molecular formula is C12H13F2NO2S. The molecule has 0 spiro atoms. The molecule has 0 fully saturated rings. The Kier molecular flexibility index (Phi) is 4.68. The van der Waals surface area contributed by atoms with E-state index in [2.05, 4.69) is 11.2 Å². The number of sulfone groups is 1. The zero-order valence-corrected chi connectivity index (χ0v) is 10.5. The van der Waals surface area contributed by atoms with E-state index in [0.717, 1.165) is 12.1 Å².